The van der Waals surface area contributed by atoms with E-state index in [2.05, 4.69) is 5.32 Å². The van der Waals surface area contributed by atoms with Gasteiger partial charge >= 0.3 is 0 Å². The number of ether oxygens (including phenoxy) is 1. The van der Waals surface area contributed by atoms with E-state index in [0.717, 1.165) is 0 Å². The van der Waals surface area contributed by atoms with E-state index in [1.54, 1.807) is 30.3 Å². The third-order valence-electron chi connectivity index (χ3n) is 2.55. The quantitative estimate of drug-likeness (QED) is 0.912. The number of hydrogen-bond donors (Lipinski definition) is 1. The van der Waals surface area contributed by atoms with Crippen LogP contribution in [-0.4, -0.2) is 12.5 Å². The number of carbonyl (C=O) groups excluding carboxylic acids is 1. The summed E-state index contributed by atoms with van der Waals surface area (Å²) in [5.74, 6) is -0.478. The summed E-state index contributed by atoms with van der Waals surface area (Å²) in [6.07, 6.45) is 0. The van der Waals surface area contributed by atoms with Crippen molar-refractivity contribution in [1.29, 1.82) is 0 Å². The average Bonchev–Trinajstić information content (AvgIpc) is 2.41. The first-order valence-corrected chi connectivity index (χ1v) is 6.00. The lowest BCUT2D eigenvalue weighted by atomic mass is 10.2. The lowest BCUT2D eigenvalue weighted by Gasteiger charge is -2.11. The summed E-state index contributed by atoms with van der Waals surface area (Å²) in [6, 6.07) is 12.9. The molecule has 19 heavy (non-hydrogen) atoms. The fraction of sp³-hybridized carbons (Fsp3) is 0.133. The minimum Gasteiger partial charge on any atom is -0.492 e. The molecule has 0 heterocycles. The Bertz CT molecular complexity index is 584. The molecule has 3 nitrogen and oxygen atoms in total. The van der Waals surface area contributed by atoms with Gasteiger partial charge in [0.1, 0.15) is 11.6 Å². The summed E-state index contributed by atoms with van der Waals surface area (Å²) < 4.78 is 18.9. The molecule has 0 aliphatic carbocycles. The van der Waals surface area contributed by atoms with E-state index >= 15 is 0 Å². The van der Waals surface area contributed by atoms with Gasteiger partial charge in [-0.2, -0.15) is 0 Å². The molecule has 0 spiro atoms. The van der Waals surface area contributed by atoms with Crippen molar-refractivity contribution < 1.29 is 13.9 Å². The summed E-state index contributed by atoms with van der Waals surface area (Å²) in [5.41, 5.74) is 0.534. The van der Waals surface area contributed by atoms with Crippen molar-refractivity contribution in [2.45, 2.75) is 6.92 Å². The number of nitrogens with one attached hydrogen (secondary N) is 1. The smallest absolute Gasteiger partial charge is 0.258 e. The van der Waals surface area contributed by atoms with Gasteiger partial charge < -0.3 is 10.1 Å². The number of amides is 1. The zero-order chi connectivity index (χ0) is 13.7. The van der Waals surface area contributed by atoms with Crippen LogP contribution in [0.1, 0.15) is 17.3 Å². The third kappa shape index (κ3) is 3.10. The molecule has 4 heteroatoms. The molecule has 0 aliphatic rings. The van der Waals surface area contributed by atoms with Gasteiger partial charge in [0, 0.05) is 0 Å². The van der Waals surface area contributed by atoms with Crippen LogP contribution < -0.4 is 10.1 Å². The Kier molecular flexibility index (Phi) is 4.13. The number of hydrogen-bond acceptors (Lipinski definition) is 2. The molecule has 0 aliphatic heterocycles. The van der Waals surface area contributed by atoms with E-state index in [1.165, 1.54) is 12.1 Å². The minimum absolute atomic E-state index is 0.00815. The highest BCUT2D eigenvalue weighted by atomic mass is 19.1. The highest BCUT2D eigenvalue weighted by molar-refractivity contribution is 6.05. The number of para-hydroxylation sites is 2. The van der Waals surface area contributed by atoms with E-state index in [1.807, 2.05) is 13.0 Å². The SMILES string of the molecule is CCOc1ccccc1NC(=O)c1ccccc1F. The molecular formula is C15H14FNO2. The molecule has 2 rings (SSSR count). The molecule has 0 atom stereocenters. The lowest BCUT2D eigenvalue weighted by molar-refractivity contribution is 0.102. The topological polar surface area (TPSA) is 38.3 Å². The zero-order valence-electron chi connectivity index (χ0n) is 10.5. The fourth-order valence-corrected chi connectivity index (χ4v) is 1.69. The van der Waals surface area contributed by atoms with Gasteiger partial charge in [0.2, 0.25) is 0 Å². The molecule has 2 aromatic carbocycles. The van der Waals surface area contributed by atoms with Gasteiger partial charge in [0.05, 0.1) is 17.9 Å². The first-order valence-electron chi connectivity index (χ1n) is 6.00. The Morgan fingerprint density at radius 1 is 1.16 bits per heavy atom. The predicted molar refractivity (Wildman–Crippen MR) is 72.0 cm³/mol. The first kappa shape index (κ1) is 13.1. The van der Waals surface area contributed by atoms with Crippen molar-refractivity contribution in [2.75, 3.05) is 11.9 Å². The number of anilines is 1. The summed E-state index contributed by atoms with van der Waals surface area (Å²) in [6.45, 7) is 2.35. The normalized spacial score (nSPS) is 10.0. The Morgan fingerprint density at radius 3 is 2.58 bits per heavy atom. The van der Waals surface area contributed by atoms with E-state index in [9.17, 15) is 9.18 Å². The number of halogens is 1. The molecule has 0 saturated heterocycles. The van der Waals surface area contributed by atoms with Gasteiger partial charge in [0.15, 0.2) is 0 Å². The van der Waals surface area contributed by atoms with Crippen molar-refractivity contribution in [3.8, 4) is 5.75 Å². The highest BCUT2D eigenvalue weighted by Gasteiger charge is 2.12. The van der Waals surface area contributed by atoms with Crippen molar-refractivity contribution >= 4 is 11.6 Å². The average molecular weight is 259 g/mol. The molecule has 0 aromatic heterocycles. The largest absolute Gasteiger partial charge is 0.492 e. The molecule has 1 amide bonds. The van der Waals surface area contributed by atoms with Gasteiger partial charge in [-0.25, -0.2) is 4.39 Å². The maximum Gasteiger partial charge on any atom is 0.258 e. The summed E-state index contributed by atoms with van der Waals surface area (Å²) >= 11 is 0. The van der Waals surface area contributed by atoms with Gasteiger partial charge in [-0.3, -0.25) is 4.79 Å². The Hall–Kier alpha value is -2.36. The molecule has 0 bridgehead atoms. The van der Waals surface area contributed by atoms with E-state index in [0.29, 0.717) is 18.0 Å². The van der Waals surface area contributed by atoms with Crippen LogP contribution >= 0.6 is 0 Å². The van der Waals surface area contributed by atoms with Crippen LogP contribution in [0, 0.1) is 5.82 Å². The fourth-order valence-electron chi connectivity index (χ4n) is 1.69. The van der Waals surface area contributed by atoms with E-state index in [-0.39, 0.29) is 5.56 Å². The summed E-state index contributed by atoms with van der Waals surface area (Å²) in [5, 5.41) is 2.65. The molecule has 0 unspecified atom stereocenters. The van der Waals surface area contributed by atoms with Crippen LogP contribution in [0.3, 0.4) is 0 Å². The molecule has 98 valence electrons. The van der Waals surface area contributed by atoms with Crippen LogP contribution in [0.15, 0.2) is 48.5 Å². The molecule has 0 fully saturated rings. The molecular weight excluding hydrogens is 245 g/mol. The van der Waals surface area contributed by atoms with Crippen LogP contribution in [0.2, 0.25) is 0 Å². The van der Waals surface area contributed by atoms with Crippen molar-refractivity contribution in [3.63, 3.8) is 0 Å². The summed E-state index contributed by atoms with van der Waals surface area (Å²) in [7, 11) is 0. The second kappa shape index (κ2) is 6.00. The second-order valence-electron chi connectivity index (χ2n) is 3.86. The van der Waals surface area contributed by atoms with Crippen LogP contribution in [0.5, 0.6) is 5.75 Å². The third-order valence-corrected chi connectivity index (χ3v) is 2.55. The molecule has 1 N–H and O–H groups in total. The number of carbonyl (C=O) groups is 1. The van der Waals surface area contributed by atoms with Crippen molar-refractivity contribution in [1.82, 2.24) is 0 Å². The van der Waals surface area contributed by atoms with Gasteiger partial charge in [-0.15, -0.1) is 0 Å². The van der Waals surface area contributed by atoms with Gasteiger partial charge in [-0.1, -0.05) is 24.3 Å². The second-order valence-corrected chi connectivity index (χ2v) is 3.86. The number of rotatable bonds is 4. The Balaban J connectivity index is 2.22. The van der Waals surface area contributed by atoms with Crippen LogP contribution in [0.25, 0.3) is 0 Å². The van der Waals surface area contributed by atoms with Gasteiger partial charge in [-0.05, 0) is 31.2 Å². The maximum absolute atomic E-state index is 13.5. The molecule has 0 saturated carbocycles. The Labute approximate surface area is 111 Å². The summed E-state index contributed by atoms with van der Waals surface area (Å²) in [4.78, 5) is 12.0. The van der Waals surface area contributed by atoms with Crippen LogP contribution in [-0.2, 0) is 0 Å². The minimum atomic E-state index is -0.547. The maximum atomic E-state index is 13.5. The molecule has 0 radical (unpaired) electrons. The zero-order valence-corrected chi connectivity index (χ0v) is 10.5. The van der Waals surface area contributed by atoms with Crippen LogP contribution in [0.4, 0.5) is 10.1 Å². The van der Waals surface area contributed by atoms with E-state index in [4.69, 9.17) is 4.74 Å². The predicted octanol–water partition coefficient (Wildman–Crippen LogP) is 3.48. The Morgan fingerprint density at radius 2 is 1.84 bits per heavy atom. The monoisotopic (exact) mass is 259 g/mol. The molecule has 2 aromatic rings. The van der Waals surface area contributed by atoms with Gasteiger partial charge in [0.25, 0.3) is 5.91 Å². The standard InChI is InChI=1S/C15H14FNO2/c1-2-19-14-10-6-5-9-13(14)17-15(18)11-7-3-4-8-12(11)16/h3-10H,2H2,1H3,(H,17,18). The highest BCUT2D eigenvalue weighted by Crippen LogP contribution is 2.24. The first-order chi connectivity index (χ1) is 9.22. The van der Waals surface area contributed by atoms with E-state index < -0.39 is 11.7 Å². The van der Waals surface area contributed by atoms with Crippen molar-refractivity contribution in [3.05, 3.63) is 59.9 Å². The van der Waals surface area contributed by atoms with Crippen molar-refractivity contribution in [2.24, 2.45) is 0 Å². The number of benzene rings is 2. The lowest BCUT2D eigenvalue weighted by Crippen LogP contribution is -2.14.